The molecule has 3 rings (SSSR count). The standard InChI is InChI=1S/C12H11F5N2O/c13-10(14)4-19-8(3-9(18-19)12(15,16)17)11-6-1-5(20)2-7(6)11/h3,6-7,10-11H,1-2,4H2. The molecule has 0 radical (unpaired) electrons. The molecule has 2 saturated carbocycles. The summed E-state index contributed by atoms with van der Waals surface area (Å²) in [5.41, 5.74) is -0.968. The zero-order valence-electron chi connectivity index (χ0n) is 10.2. The maximum absolute atomic E-state index is 12.6. The predicted octanol–water partition coefficient (Wildman–Crippen LogP) is 2.86. The number of nitrogens with zero attached hydrogens (tertiary/aromatic N) is 2. The van der Waals surface area contributed by atoms with Crippen LogP contribution in [0.5, 0.6) is 0 Å². The minimum Gasteiger partial charge on any atom is -0.300 e. The van der Waals surface area contributed by atoms with Crippen LogP contribution < -0.4 is 0 Å². The lowest BCUT2D eigenvalue weighted by Crippen LogP contribution is -2.13. The quantitative estimate of drug-likeness (QED) is 0.803. The average Bonchev–Trinajstić information content (AvgIpc) is 2.70. The van der Waals surface area contributed by atoms with Crippen LogP contribution in [0.25, 0.3) is 0 Å². The zero-order valence-corrected chi connectivity index (χ0v) is 10.2. The number of alkyl halides is 5. The molecule has 3 nitrogen and oxygen atoms in total. The molecule has 2 aliphatic carbocycles. The Labute approximate surface area is 110 Å². The summed E-state index contributed by atoms with van der Waals surface area (Å²) in [6.07, 6.45) is -6.76. The molecule has 1 aromatic rings. The van der Waals surface area contributed by atoms with Crippen LogP contribution in [-0.2, 0) is 17.5 Å². The van der Waals surface area contributed by atoms with Gasteiger partial charge in [-0.05, 0) is 17.9 Å². The molecule has 0 N–H and O–H groups in total. The summed E-state index contributed by atoms with van der Waals surface area (Å²) in [4.78, 5) is 11.2. The van der Waals surface area contributed by atoms with E-state index in [1.165, 1.54) is 0 Å². The van der Waals surface area contributed by atoms with Crippen molar-refractivity contribution in [1.29, 1.82) is 0 Å². The number of carbonyl (C=O) groups excluding carboxylic acids is 1. The highest BCUT2D eigenvalue weighted by atomic mass is 19.4. The molecular weight excluding hydrogens is 283 g/mol. The number of ketones is 1. The van der Waals surface area contributed by atoms with E-state index in [0.717, 1.165) is 10.7 Å². The first kappa shape index (κ1) is 13.5. The van der Waals surface area contributed by atoms with Gasteiger partial charge in [-0.2, -0.15) is 18.3 Å². The van der Waals surface area contributed by atoms with Crippen molar-refractivity contribution < 1.29 is 26.7 Å². The fourth-order valence-electron chi connectivity index (χ4n) is 3.16. The first-order valence-electron chi connectivity index (χ1n) is 6.22. The van der Waals surface area contributed by atoms with Crippen LogP contribution in [0.3, 0.4) is 0 Å². The van der Waals surface area contributed by atoms with Crippen molar-refractivity contribution in [3.05, 3.63) is 17.5 Å². The summed E-state index contributed by atoms with van der Waals surface area (Å²) in [5.74, 6) is -0.157. The van der Waals surface area contributed by atoms with Crippen molar-refractivity contribution in [3.63, 3.8) is 0 Å². The molecule has 2 unspecified atom stereocenters. The van der Waals surface area contributed by atoms with Gasteiger partial charge >= 0.3 is 6.18 Å². The number of aromatic nitrogens is 2. The lowest BCUT2D eigenvalue weighted by atomic mass is 10.1. The maximum atomic E-state index is 12.6. The lowest BCUT2D eigenvalue weighted by Gasteiger charge is -2.07. The molecule has 1 heterocycles. The van der Waals surface area contributed by atoms with Crippen LogP contribution >= 0.6 is 0 Å². The van der Waals surface area contributed by atoms with Crippen LogP contribution in [0, 0.1) is 11.8 Å². The minimum absolute atomic E-state index is 0.00305. The van der Waals surface area contributed by atoms with Gasteiger partial charge in [0.1, 0.15) is 12.3 Å². The van der Waals surface area contributed by atoms with Crippen molar-refractivity contribution >= 4 is 5.78 Å². The third-order valence-electron chi connectivity index (χ3n) is 4.01. The van der Waals surface area contributed by atoms with Gasteiger partial charge in [0.05, 0.1) is 0 Å². The SMILES string of the molecule is O=C1CC2C(C1)C2c1cc(C(F)(F)F)nn1CC(F)F. The molecule has 0 saturated heterocycles. The van der Waals surface area contributed by atoms with Crippen LogP contribution in [0.4, 0.5) is 22.0 Å². The molecule has 0 bridgehead atoms. The summed E-state index contributed by atoms with van der Waals surface area (Å²) in [7, 11) is 0. The second kappa shape index (κ2) is 4.26. The normalized spacial score (nSPS) is 29.1. The average molecular weight is 294 g/mol. The summed E-state index contributed by atoms with van der Waals surface area (Å²) >= 11 is 0. The molecule has 0 spiro atoms. The molecule has 2 fully saturated rings. The maximum Gasteiger partial charge on any atom is 0.435 e. The van der Waals surface area contributed by atoms with E-state index < -0.39 is 24.8 Å². The molecule has 2 atom stereocenters. The summed E-state index contributed by atoms with van der Waals surface area (Å²) in [6.45, 7) is -0.852. The molecule has 0 amide bonds. The van der Waals surface area contributed by atoms with Crippen molar-refractivity contribution in [1.82, 2.24) is 9.78 Å². The van der Waals surface area contributed by atoms with E-state index in [1.54, 1.807) is 0 Å². The van der Waals surface area contributed by atoms with E-state index in [2.05, 4.69) is 5.10 Å². The molecule has 20 heavy (non-hydrogen) atoms. The van der Waals surface area contributed by atoms with Gasteiger partial charge in [-0.1, -0.05) is 0 Å². The highest BCUT2D eigenvalue weighted by Crippen LogP contribution is 2.62. The van der Waals surface area contributed by atoms with E-state index in [0.29, 0.717) is 12.8 Å². The largest absolute Gasteiger partial charge is 0.435 e. The van der Waals surface area contributed by atoms with E-state index in [4.69, 9.17) is 0 Å². The summed E-state index contributed by atoms with van der Waals surface area (Å²) < 4.78 is 63.6. The Morgan fingerprint density at radius 2 is 1.90 bits per heavy atom. The van der Waals surface area contributed by atoms with Gasteiger partial charge in [0.25, 0.3) is 6.43 Å². The monoisotopic (exact) mass is 294 g/mol. The molecule has 0 aliphatic heterocycles. The third-order valence-corrected chi connectivity index (χ3v) is 4.01. The van der Waals surface area contributed by atoms with Crippen LogP contribution in [-0.4, -0.2) is 22.0 Å². The number of Topliss-reactive ketones (excluding diaryl/α,β-unsaturated/α-hetero) is 1. The highest BCUT2D eigenvalue weighted by molar-refractivity contribution is 5.83. The van der Waals surface area contributed by atoms with Crippen molar-refractivity contribution in [2.45, 2.75) is 37.9 Å². The minimum atomic E-state index is -4.65. The highest BCUT2D eigenvalue weighted by Gasteiger charge is 2.58. The van der Waals surface area contributed by atoms with Crippen molar-refractivity contribution in [2.75, 3.05) is 0 Å². The second-order valence-electron chi connectivity index (χ2n) is 5.33. The van der Waals surface area contributed by atoms with E-state index in [-0.39, 0.29) is 29.2 Å². The van der Waals surface area contributed by atoms with E-state index in [1.807, 2.05) is 0 Å². The Bertz CT molecular complexity index is 537. The van der Waals surface area contributed by atoms with Crippen molar-refractivity contribution in [3.8, 4) is 0 Å². The van der Waals surface area contributed by atoms with Gasteiger partial charge in [0, 0.05) is 24.5 Å². The Kier molecular flexibility index (Phi) is 2.88. The number of carbonyl (C=O) groups is 1. The van der Waals surface area contributed by atoms with E-state index in [9.17, 15) is 26.7 Å². The van der Waals surface area contributed by atoms with E-state index >= 15 is 0 Å². The second-order valence-corrected chi connectivity index (χ2v) is 5.33. The Balaban J connectivity index is 1.89. The topological polar surface area (TPSA) is 34.9 Å². The summed E-state index contributed by atoms with van der Waals surface area (Å²) in [5, 5.41) is 3.26. The van der Waals surface area contributed by atoms with Crippen LogP contribution in [0.1, 0.15) is 30.1 Å². The van der Waals surface area contributed by atoms with Gasteiger partial charge in [0.2, 0.25) is 0 Å². The summed E-state index contributed by atoms with van der Waals surface area (Å²) in [6, 6.07) is 0.843. The molecule has 0 aromatic carbocycles. The third kappa shape index (κ3) is 2.20. The first-order valence-corrected chi connectivity index (χ1v) is 6.22. The number of halogens is 5. The molecular formula is C12H11F5N2O. The fraction of sp³-hybridized carbons (Fsp3) is 0.667. The zero-order chi connectivity index (χ0) is 14.7. The number of rotatable bonds is 3. The van der Waals surface area contributed by atoms with Crippen LogP contribution in [0.15, 0.2) is 6.07 Å². The number of hydrogen-bond acceptors (Lipinski definition) is 2. The Morgan fingerprint density at radius 3 is 2.40 bits per heavy atom. The fourth-order valence-corrected chi connectivity index (χ4v) is 3.16. The van der Waals surface area contributed by atoms with Gasteiger partial charge < -0.3 is 0 Å². The smallest absolute Gasteiger partial charge is 0.300 e. The van der Waals surface area contributed by atoms with Gasteiger partial charge in [-0.3, -0.25) is 9.48 Å². The number of hydrogen-bond donors (Lipinski definition) is 0. The molecule has 8 heteroatoms. The van der Waals surface area contributed by atoms with Gasteiger partial charge in [0.15, 0.2) is 5.69 Å². The van der Waals surface area contributed by atoms with Crippen molar-refractivity contribution in [2.24, 2.45) is 11.8 Å². The van der Waals surface area contributed by atoms with Gasteiger partial charge in [-0.25, -0.2) is 8.78 Å². The molecule has 2 aliphatic rings. The molecule has 1 aromatic heterocycles. The van der Waals surface area contributed by atoms with Crippen LogP contribution in [0.2, 0.25) is 0 Å². The Morgan fingerprint density at radius 1 is 1.30 bits per heavy atom. The Hall–Kier alpha value is -1.47. The molecule has 110 valence electrons. The number of fused-ring (bicyclic) bond motifs is 1. The first-order chi connectivity index (χ1) is 9.27. The van der Waals surface area contributed by atoms with Gasteiger partial charge in [-0.15, -0.1) is 0 Å². The predicted molar refractivity (Wildman–Crippen MR) is 57.2 cm³/mol. The lowest BCUT2D eigenvalue weighted by molar-refractivity contribution is -0.141.